The van der Waals surface area contributed by atoms with E-state index >= 15 is 0 Å². The highest BCUT2D eigenvalue weighted by atomic mass is 32.2. The molecule has 4 aromatic rings. The molecule has 2 aromatic heterocycles. The van der Waals surface area contributed by atoms with Crippen LogP contribution in [0.3, 0.4) is 0 Å². The molecule has 0 spiro atoms. The number of aliphatic hydroxyl groups excluding tert-OH is 1. The predicted molar refractivity (Wildman–Crippen MR) is 176 cm³/mol. The number of rotatable bonds is 12. The van der Waals surface area contributed by atoms with Crippen molar-refractivity contribution < 1.29 is 18.3 Å². The fraction of sp³-hybridized carbons (Fsp3) is 0.455. The number of hydrogen-bond acceptors (Lipinski definition) is 10. The van der Waals surface area contributed by atoms with Gasteiger partial charge in [-0.3, -0.25) is 4.72 Å². The van der Waals surface area contributed by atoms with Crippen molar-refractivity contribution in [3.63, 3.8) is 0 Å². The summed E-state index contributed by atoms with van der Waals surface area (Å²) in [7, 11) is -3.87. The molecular formula is C33H40N8O5S. The molecule has 3 unspecified atom stereocenters. The smallest absolute Gasteiger partial charge is 0.368 e. The molecule has 14 heteroatoms. The number of ether oxygens (including phenoxy) is 1. The Bertz CT molecular complexity index is 1880. The van der Waals surface area contributed by atoms with Crippen molar-refractivity contribution in [3.05, 3.63) is 82.4 Å². The van der Waals surface area contributed by atoms with Gasteiger partial charge in [-0.15, -0.1) is 0 Å². The Morgan fingerprint density at radius 1 is 1.04 bits per heavy atom. The minimum Gasteiger partial charge on any atom is -0.489 e. The molecular weight excluding hydrogens is 620 g/mol. The topological polar surface area (TPSA) is 179 Å². The van der Waals surface area contributed by atoms with Crippen LogP contribution in [-0.2, 0) is 23.0 Å². The molecule has 2 fully saturated rings. The number of aromatic nitrogens is 5. The second-order valence-electron chi connectivity index (χ2n) is 13.0. The number of nitrogens with zero attached hydrogens (tertiary/aromatic N) is 5. The maximum Gasteiger partial charge on any atom is 0.368 e. The van der Waals surface area contributed by atoms with Crippen molar-refractivity contribution >= 4 is 21.5 Å². The maximum absolute atomic E-state index is 13.3. The summed E-state index contributed by atoms with van der Waals surface area (Å²) in [5.41, 5.74) is 7.67. The molecule has 2 bridgehead atoms. The number of anilines is 2. The van der Waals surface area contributed by atoms with E-state index in [4.69, 9.17) is 10.5 Å². The molecule has 0 amide bonds. The number of hydrogen-bond donors (Lipinski definition) is 4. The van der Waals surface area contributed by atoms with Crippen LogP contribution in [0.2, 0.25) is 0 Å². The third-order valence-electron chi connectivity index (χ3n) is 9.87. The van der Waals surface area contributed by atoms with E-state index in [-0.39, 0.29) is 16.7 Å². The van der Waals surface area contributed by atoms with Crippen LogP contribution in [0.25, 0.3) is 5.69 Å². The van der Waals surface area contributed by atoms with Gasteiger partial charge in [-0.25, -0.2) is 18.2 Å². The minimum absolute atomic E-state index is 0.116. The Hall–Kier alpha value is -4.27. The van der Waals surface area contributed by atoms with Gasteiger partial charge in [-0.2, -0.15) is 9.36 Å². The molecule has 248 valence electrons. The Morgan fingerprint density at radius 2 is 1.89 bits per heavy atom. The zero-order valence-corrected chi connectivity index (χ0v) is 26.8. The second-order valence-corrected chi connectivity index (χ2v) is 14.7. The van der Waals surface area contributed by atoms with Gasteiger partial charge in [0.25, 0.3) is 10.0 Å². The number of sulfonamides is 1. The van der Waals surface area contributed by atoms with Crippen molar-refractivity contribution in [2.45, 2.75) is 68.6 Å². The van der Waals surface area contributed by atoms with E-state index in [9.17, 15) is 18.3 Å². The zero-order chi connectivity index (χ0) is 32.5. The molecule has 3 heterocycles. The molecule has 13 nitrogen and oxygen atoms in total. The first kappa shape index (κ1) is 31.3. The lowest BCUT2D eigenvalue weighted by atomic mass is 9.86. The summed E-state index contributed by atoms with van der Waals surface area (Å²) in [5, 5.41) is 21.8. The monoisotopic (exact) mass is 660 g/mol. The van der Waals surface area contributed by atoms with Gasteiger partial charge in [0.15, 0.2) is 0 Å². The average molecular weight is 661 g/mol. The Balaban J connectivity index is 0.923. The lowest BCUT2D eigenvalue weighted by Crippen LogP contribution is -2.36. The van der Waals surface area contributed by atoms with Gasteiger partial charge in [0.2, 0.25) is 0 Å². The number of fused-ring (bicyclic) bond motifs is 3. The highest BCUT2D eigenvalue weighted by molar-refractivity contribution is 7.92. The Morgan fingerprint density at radius 3 is 2.64 bits per heavy atom. The Kier molecular flexibility index (Phi) is 8.73. The summed E-state index contributed by atoms with van der Waals surface area (Å²) in [6.07, 6.45) is 8.28. The maximum atomic E-state index is 13.3. The number of aryl methyl sites for hydroxylation is 2. The number of nitrogens with one attached hydrogen (secondary N) is 2. The summed E-state index contributed by atoms with van der Waals surface area (Å²) in [6, 6.07) is 14.7. The average Bonchev–Trinajstić information content (AvgIpc) is 3.80. The molecule has 0 saturated heterocycles. The highest BCUT2D eigenvalue weighted by Crippen LogP contribution is 2.49. The molecule has 7 rings (SSSR count). The van der Waals surface area contributed by atoms with Crippen LogP contribution >= 0.6 is 0 Å². The molecule has 2 aromatic carbocycles. The fourth-order valence-electron chi connectivity index (χ4n) is 7.32. The predicted octanol–water partition coefficient (Wildman–Crippen LogP) is 3.05. The van der Waals surface area contributed by atoms with Crippen molar-refractivity contribution in [1.82, 2.24) is 30.1 Å². The van der Waals surface area contributed by atoms with E-state index in [1.165, 1.54) is 41.1 Å². The molecule has 1 aliphatic heterocycles. The first-order valence-electron chi connectivity index (χ1n) is 16.3. The van der Waals surface area contributed by atoms with Crippen LogP contribution in [-0.4, -0.2) is 57.5 Å². The lowest BCUT2D eigenvalue weighted by Gasteiger charge is -2.27. The van der Waals surface area contributed by atoms with Crippen LogP contribution in [0.4, 0.5) is 11.5 Å². The number of aliphatic hydroxyl groups is 1. The number of nitrogens with two attached hydrogens (primary N) is 1. The zero-order valence-electron chi connectivity index (χ0n) is 26.0. The van der Waals surface area contributed by atoms with Gasteiger partial charge in [0.1, 0.15) is 17.7 Å². The Labute approximate surface area is 273 Å². The largest absolute Gasteiger partial charge is 0.489 e. The van der Waals surface area contributed by atoms with Crippen molar-refractivity contribution in [2.24, 2.45) is 17.8 Å². The summed E-state index contributed by atoms with van der Waals surface area (Å²) in [4.78, 5) is 17.1. The van der Waals surface area contributed by atoms with Crippen LogP contribution in [0, 0.1) is 17.8 Å². The third kappa shape index (κ3) is 6.90. The van der Waals surface area contributed by atoms with Crippen LogP contribution in [0.5, 0.6) is 5.75 Å². The van der Waals surface area contributed by atoms with Gasteiger partial charge < -0.3 is 20.9 Å². The lowest BCUT2D eigenvalue weighted by molar-refractivity contribution is 0.146. The number of pyridine rings is 1. The van der Waals surface area contributed by atoms with Crippen molar-refractivity contribution in [1.29, 1.82) is 0 Å². The fourth-order valence-corrected chi connectivity index (χ4v) is 8.43. The van der Waals surface area contributed by atoms with Gasteiger partial charge in [0, 0.05) is 37.1 Å². The number of tetrazole rings is 1. The minimum atomic E-state index is -3.87. The standard InChI is InChI=1S/C33H40N8O5S/c34-32-12-4-25(18-36-32)30(42)20-35-19-28-9-3-24-17-29(10-11-31(24)46-28)47(44,45)37-26-5-7-27(8-6-26)41-33(43)40(38-39-41)14-13-23-16-21-1-2-22(23)15-21/h4-8,10-12,17-18,21-23,28,30,35,37,42H,1-3,9,13-16,19-20H2,(H2,34,36)/t21?,22?,23?,28-,30+/m1/s1. The first-order chi connectivity index (χ1) is 22.7. The number of nitrogen functional groups attached to an aromatic ring is 1. The molecule has 0 radical (unpaired) electrons. The van der Waals surface area contributed by atoms with Crippen molar-refractivity contribution in [2.75, 3.05) is 23.5 Å². The molecule has 5 atom stereocenters. The van der Waals surface area contributed by atoms with Crippen LogP contribution < -0.4 is 26.2 Å². The van der Waals surface area contributed by atoms with E-state index < -0.39 is 16.1 Å². The number of benzene rings is 2. The van der Waals surface area contributed by atoms with E-state index in [1.54, 1.807) is 54.7 Å². The van der Waals surface area contributed by atoms with Gasteiger partial charge in [0.05, 0.1) is 16.7 Å². The molecule has 2 saturated carbocycles. The molecule has 5 N–H and O–H groups in total. The van der Waals surface area contributed by atoms with E-state index in [2.05, 4.69) is 25.4 Å². The van der Waals surface area contributed by atoms with Gasteiger partial charge in [-0.1, -0.05) is 12.5 Å². The summed E-state index contributed by atoms with van der Waals surface area (Å²) in [5.74, 6) is 3.37. The molecule has 3 aliphatic rings. The summed E-state index contributed by atoms with van der Waals surface area (Å²) in [6.45, 7) is 1.42. The van der Waals surface area contributed by atoms with Crippen LogP contribution in [0.1, 0.15) is 55.8 Å². The van der Waals surface area contributed by atoms with Crippen molar-refractivity contribution in [3.8, 4) is 11.4 Å². The normalized spacial score (nSPS) is 22.5. The second kappa shape index (κ2) is 13.1. The SMILES string of the molecule is Nc1ccc([C@@H](O)CNC[C@H]2CCc3cc(S(=O)(=O)Nc4ccc(-n5nnn(CCC6CC7CCC6C7)c5=O)cc4)ccc3O2)cn1. The summed E-state index contributed by atoms with van der Waals surface area (Å²) >= 11 is 0. The van der Waals surface area contributed by atoms with E-state index in [0.29, 0.717) is 66.9 Å². The third-order valence-corrected chi connectivity index (χ3v) is 11.3. The van der Waals surface area contributed by atoms with Gasteiger partial charge >= 0.3 is 5.69 Å². The summed E-state index contributed by atoms with van der Waals surface area (Å²) < 4.78 is 37.9. The molecule has 47 heavy (non-hydrogen) atoms. The van der Waals surface area contributed by atoms with Gasteiger partial charge in [-0.05, 0) is 121 Å². The first-order valence-corrected chi connectivity index (χ1v) is 17.8. The van der Waals surface area contributed by atoms with Crippen LogP contribution in [0.15, 0.2) is 70.5 Å². The van der Waals surface area contributed by atoms with E-state index in [1.807, 2.05) is 0 Å². The van der Waals surface area contributed by atoms with E-state index in [0.717, 1.165) is 23.8 Å². The highest BCUT2D eigenvalue weighted by Gasteiger charge is 2.39. The quantitative estimate of drug-likeness (QED) is 0.176. The molecule has 2 aliphatic carbocycles.